The third-order valence-corrected chi connectivity index (χ3v) is 4.16. The largest absolute Gasteiger partial charge is 0.460 e. The molecule has 0 unspecified atom stereocenters. The molecule has 15 heteroatoms. The Morgan fingerprint density at radius 3 is 1.52 bits per heavy atom. The van der Waals surface area contributed by atoms with E-state index in [2.05, 4.69) is 4.18 Å². The second-order valence-electron chi connectivity index (χ2n) is 4.60. The SMILES string of the molecule is O=S(=O)(OC1CC(F)(F)C1)C(F)(F)C(F)(F)C(F)(F)C(F)(F)F. The van der Waals surface area contributed by atoms with Crippen LogP contribution < -0.4 is 0 Å². The van der Waals surface area contributed by atoms with Gasteiger partial charge >= 0.3 is 33.4 Å². The zero-order valence-electron chi connectivity index (χ0n) is 10.3. The van der Waals surface area contributed by atoms with Crippen molar-refractivity contribution in [3.05, 3.63) is 0 Å². The predicted molar refractivity (Wildman–Crippen MR) is 48.9 cm³/mol. The minimum absolute atomic E-state index is 1.51. The molecule has 0 aliphatic heterocycles. The number of halogens is 11. The fourth-order valence-electron chi connectivity index (χ4n) is 1.43. The molecule has 0 aromatic carbocycles. The summed E-state index contributed by atoms with van der Waals surface area (Å²) in [5.41, 5.74) is 0. The summed E-state index contributed by atoms with van der Waals surface area (Å²) in [6, 6.07) is 0. The monoisotopic (exact) mass is 390 g/mol. The smallest absolute Gasteiger partial charge is 0.262 e. The molecular formula is C8H5F11O3S. The van der Waals surface area contributed by atoms with Crippen molar-refractivity contribution < 1.29 is 60.9 Å². The molecule has 23 heavy (non-hydrogen) atoms. The van der Waals surface area contributed by atoms with Crippen molar-refractivity contribution in [2.75, 3.05) is 0 Å². The summed E-state index contributed by atoms with van der Waals surface area (Å²) >= 11 is 0. The Morgan fingerprint density at radius 2 is 1.22 bits per heavy atom. The molecule has 138 valence electrons. The Labute approximate surface area is 120 Å². The van der Waals surface area contributed by atoms with Crippen LogP contribution in [0.15, 0.2) is 0 Å². The topological polar surface area (TPSA) is 43.4 Å². The molecular weight excluding hydrogens is 385 g/mol. The lowest BCUT2D eigenvalue weighted by Crippen LogP contribution is -2.64. The third-order valence-electron chi connectivity index (χ3n) is 2.75. The molecule has 0 aromatic rings. The number of hydrogen-bond acceptors (Lipinski definition) is 3. The molecule has 0 N–H and O–H groups in total. The summed E-state index contributed by atoms with van der Waals surface area (Å²) in [7, 11) is -7.07. The van der Waals surface area contributed by atoms with E-state index < -0.39 is 58.3 Å². The summed E-state index contributed by atoms with van der Waals surface area (Å²) in [5, 5.41) is -7.02. The summed E-state index contributed by atoms with van der Waals surface area (Å²) < 4.78 is 162. The number of alkyl halides is 11. The zero-order chi connectivity index (χ0) is 18.7. The predicted octanol–water partition coefficient (Wildman–Crippen LogP) is 3.56. The average molecular weight is 390 g/mol. The van der Waals surface area contributed by atoms with Crippen molar-refractivity contribution in [1.82, 2.24) is 0 Å². The number of hydrogen-bond donors (Lipinski definition) is 0. The van der Waals surface area contributed by atoms with Gasteiger partial charge in [-0.1, -0.05) is 0 Å². The average Bonchev–Trinajstić information content (AvgIpc) is 2.23. The molecule has 0 aromatic heterocycles. The van der Waals surface area contributed by atoms with Crippen LogP contribution >= 0.6 is 0 Å². The third kappa shape index (κ3) is 3.08. The molecule has 1 saturated carbocycles. The van der Waals surface area contributed by atoms with Crippen LogP contribution in [0.25, 0.3) is 0 Å². The van der Waals surface area contributed by atoms with E-state index in [-0.39, 0.29) is 0 Å². The maximum absolute atomic E-state index is 13.1. The van der Waals surface area contributed by atoms with Gasteiger partial charge in [-0.05, 0) is 0 Å². The molecule has 0 bridgehead atoms. The van der Waals surface area contributed by atoms with Crippen molar-refractivity contribution in [2.24, 2.45) is 0 Å². The molecule has 0 radical (unpaired) electrons. The first kappa shape index (κ1) is 20.2. The fraction of sp³-hybridized carbons (Fsp3) is 1.00. The molecule has 1 fully saturated rings. The maximum Gasteiger partial charge on any atom is 0.460 e. The first-order valence-corrected chi connectivity index (χ1v) is 6.70. The van der Waals surface area contributed by atoms with E-state index in [0.717, 1.165) is 0 Å². The normalized spacial score (nSPS) is 21.2. The van der Waals surface area contributed by atoms with Crippen molar-refractivity contribution >= 4 is 10.1 Å². The molecule has 0 heterocycles. The van der Waals surface area contributed by atoms with Crippen LogP contribution in [0.1, 0.15) is 12.8 Å². The van der Waals surface area contributed by atoms with Crippen LogP contribution in [0.5, 0.6) is 0 Å². The van der Waals surface area contributed by atoms with Gasteiger partial charge in [0.1, 0.15) is 0 Å². The summed E-state index contributed by atoms with van der Waals surface area (Å²) in [4.78, 5) is 0. The van der Waals surface area contributed by atoms with E-state index in [0.29, 0.717) is 0 Å². The standard InChI is InChI=1S/C8H5F11O3S/c9-4(10)1-3(2-4)22-23(20,21)8(18,19)6(13,14)5(11,12)7(15,16)17/h3H,1-2H2. The van der Waals surface area contributed by atoms with Crippen molar-refractivity contribution in [1.29, 1.82) is 0 Å². The van der Waals surface area contributed by atoms with E-state index in [9.17, 15) is 56.7 Å². The van der Waals surface area contributed by atoms with E-state index in [4.69, 9.17) is 0 Å². The van der Waals surface area contributed by atoms with Gasteiger partial charge in [0.25, 0.3) is 5.92 Å². The van der Waals surface area contributed by atoms with Gasteiger partial charge in [-0.3, -0.25) is 4.18 Å². The van der Waals surface area contributed by atoms with E-state index in [1.54, 1.807) is 0 Å². The lowest BCUT2D eigenvalue weighted by atomic mass is 9.91. The van der Waals surface area contributed by atoms with Gasteiger partial charge in [0.05, 0.1) is 6.10 Å². The Hall–Kier alpha value is -0.860. The molecule has 1 aliphatic carbocycles. The highest BCUT2D eigenvalue weighted by Crippen LogP contribution is 2.55. The minimum atomic E-state index is -7.44. The van der Waals surface area contributed by atoms with Crippen LogP contribution in [-0.4, -0.2) is 43.7 Å². The van der Waals surface area contributed by atoms with Crippen LogP contribution in [0.4, 0.5) is 48.3 Å². The molecule has 1 rings (SSSR count). The highest BCUT2D eigenvalue weighted by molar-refractivity contribution is 7.87. The second-order valence-corrected chi connectivity index (χ2v) is 6.21. The quantitative estimate of drug-likeness (QED) is 0.533. The van der Waals surface area contributed by atoms with E-state index in [1.165, 1.54) is 0 Å². The van der Waals surface area contributed by atoms with Gasteiger partial charge < -0.3 is 0 Å². The highest BCUT2D eigenvalue weighted by atomic mass is 32.2. The lowest BCUT2D eigenvalue weighted by Gasteiger charge is -2.37. The van der Waals surface area contributed by atoms with E-state index >= 15 is 0 Å². The Balaban J connectivity index is 3.13. The van der Waals surface area contributed by atoms with Crippen LogP contribution in [0.2, 0.25) is 0 Å². The second kappa shape index (κ2) is 5.07. The molecule has 1 aliphatic rings. The van der Waals surface area contributed by atoms with Crippen LogP contribution in [0.3, 0.4) is 0 Å². The first-order chi connectivity index (χ1) is 9.79. The lowest BCUT2D eigenvalue weighted by molar-refractivity contribution is -0.383. The van der Waals surface area contributed by atoms with E-state index in [1.807, 2.05) is 0 Å². The van der Waals surface area contributed by atoms with Crippen molar-refractivity contribution in [3.63, 3.8) is 0 Å². The molecule has 0 spiro atoms. The summed E-state index contributed by atoms with van der Waals surface area (Å²) in [5.74, 6) is -18.4. The Kier molecular flexibility index (Phi) is 4.45. The number of rotatable bonds is 5. The van der Waals surface area contributed by atoms with Gasteiger partial charge in [0.15, 0.2) is 0 Å². The van der Waals surface area contributed by atoms with Gasteiger partial charge in [-0.15, -0.1) is 0 Å². The summed E-state index contributed by atoms with van der Waals surface area (Å²) in [6.45, 7) is 0. The fourth-order valence-corrected chi connectivity index (χ4v) is 2.49. The van der Waals surface area contributed by atoms with Crippen LogP contribution in [0, 0.1) is 0 Å². The summed E-state index contributed by atoms with van der Waals surface area (Å²) in [6.07, 6.45) is -12.5. The Morgan fingerprint density at radius 1 is 0.826 bits per heavy atom. The minimum Gasteiger partial charge on any atom is -0.262 e. The maximum atomic E-state index is 13.1. The van der Waals surface area contributed by atoms with Crippen molar-refractivity contribution in [2.45, 2.75) is 48.1 Å². The molecule has 0 amide bonds. The van der Waals surface area contributed by atoms with Crippen LogP contribution in [-0.2, 0) is 14.3 Å². The Bertz CT molecular complexity index is 556. The highest BCUT2D eigenvalue weighted by Gasteiger charge is 2.86. The molecule has 0 atom stereocenters. The van der Waals surface area contributed by atoms with Gasteiger partial charge in [-0.25, -0.2) is 8.78 Å². The molecule has 3 nitrogen and oxygen atoms in total. The van der Waals surface area contributed by atoms with Gasteiger partial charge in [0.2, 0.25) is 0 Å². The zero-order valence-corrected chi connectivity index (χ0v) is 11.1. The molecule has 0 saturated heterocycles. The van der Waals surface area contributed by atoms with Gasteiger partial charge in [-0.2, -0.15) is 47.9 Å². The van der Waals surface area contributed by atoms with Gasteiger partial charge in [0, 0.05) is 12.8 Å². The first-order valence-electron chi connectivity index (χ1n) is 5.29. The van der Waals surface area contributed by atoms with Crippen molar-refractivity contribution in [3.8, 4) is 0 Å².